The number of fused-ring (bicyclic) bond motifs is 1. The Morgan fingerprint density at radius 1 is 1.55 bits per heavy atom. The Bertz CT molecular complexity index is 324. The molecule has 11 heavy (non-hydrogen) atoms. The fourth-order valence-corrected chi connectivity index (χ4v) is 2.17. The molecule has 0 saturated carbocycles. The van der Waals surface area contributed by atoms with Gasteiger partial charge in [0.05, 0.1) is 11.4 Å². The lowest BCUT2D eigenvalue weighted by atomic mass is 10.2. The number of benzene rings is 1. The van der Waals surface area contributed by atoms with Crippen molar-refractivity contribution in [2.24, 2.45) is 0 Å². The van der Waals surface area contributed by atoms with Crippen LogP contribution in [-0.4, -0.2) is 4.21 Å². The summed E-state index contributed by atoms with van der Waals surface area (Å²) in [5.74, 6) is 0.570. The summed E-state index contributed by atoms with van der Waals surface area (Å²) < 4.78 is 13.8. The molecule has 0 fully saturated rings. The topological polar surface area (TPSA) is 55.1 Å². The summed E-state index contributed by atoms with van der Waals surface area (Å²) in [4.78, 5) is 0. The summed E-state index contributed by atoms with van der Waals surface area (Å²) in [7, 11) is -0.933. The number of nitrogen functional groups attached to an aromatic ring is 1. The van der Waals surface area contributed by atoms with Gasteiger partial charge >= 0.3 is 0 Å². The highest BCUT2D eigenvalue weighted by atomic mass is 32.2. The summed E-state index contributed by atoms with van der Waals surface area (Å²) in [6, 6.07) is 5.51. The number of hydrogen-bond acceptors (Lipinski definition) is 2. The van der Waals surface area contributed by atoms with Crippen LogP contribution < -0.4 is 10.5 Å². The fourth-order valence-electron chi connectivity index (χ4n) is 1.13. The molecule has 0 saturated heterocycles. The number of nitrogens with one attached hydrogen (secondary N) is 1. The van der Waals surface area contributed by atoms with Crippen LogP contribution in [0.2, 0.25) is 0 Å². The number of hydrogen-bond donors (Lipinski definition) is 2. The predicted molar refractivity (Wildman–Crippen MR) is 46.3 cm³/mol. The standard InChI is InChI=1S/C7H8N2OS/c8-6-1-2-7-5(3-6)4-11(10)9-7/h1-3,9H,4,8H2. The first-order valence-electron chi connectivity index (χ1n) is 3.29. The van der Waals surface area contributed by atoms with Gasteiger partial charge in [0.1, 0.15) is 11.0 Å². The second-order valence-corrected chi connectivity index (χ2v) is 3.69. The van der Waals surface area contributed by atoms with Crippen LogP contribution in [0.3, 0.4) is 0 Å². The highest BCUT2D eigenvalue weighted by Gasteiger charge is 2.15. The van der Waals surface area contributed by atoms with Crippen molar-refractivity contribution in [3.05, 3.63) is 23.8 Å². The smallest absolute Gasteiger partial charge is 0.121 e. The van der Waals surface area contributed by atoms with Crippen molar-refractivity contribution < 1.29 is 4.21 Å². The lowest BCUT2D eigenvalue weighted by molar-refractivity contribution is 0.687. The molecule has 0 radical (unpaired) electrons. The van der Waals surface area contributed by atoms with Gasteiger partial charge in [-0.05, 0) is 23.8 Å². The van der Waals surface area contributed by atoms with Crippen LogP contribution >= 0.6 is 0 Å². The Kier molecular flexibility index (Phi) is 1.35. The molecule has 1 aromatic rings. The van der Waals surface area contributed by atoms with E-state index in [2.05, 4.69) is 4.72 Å². The van der Waals surface area contributed by atoms with Gasteiger partial charge in [0.15, 0.2) is 0 Å². The summed E-state index contributed by atoms with van der Waals surface area (Å²) >= 11 is 0. The van der Waals surface area contributed by atoms with Crippen LogP contribution in [0.25, 0.3) is 0 Å². The van der Waals surface area contributed by atoms with E-state index in [1.54, 1.807) is 6.07 Å². The molecule has 1 unspecified atom stereocenters. The molecule has 3 N–H and O–H groups in total. The van der Waals surface area contributed by atoms with Crippen LogP contribution in [-0.2, 0) is 16.7 Å². The maximum atomic E-state index is 11.0. The molecule has 2 rings (SSSR count). The third kappa shape index (κ3) is 1.09. The Morgan fingerprint density at radius 3 is 3.18 bits per heavy atom. The van der Waals surface area contributed by atoms with Crippen LogP contribution in [0.5, 0.6) is 0 Å². The average Bonchev–Trinajstić information content (AvgIpc) is 2.27. The maximum absolute atomic E-state index is 11.0. The van der Waals surface area contributed by atoms with Gasteiger partial charge in [-0.3, -0.25) is 0 Å². The Morgan fingerprint density at radius 2 is 2.36 bits per heavy atom. The van der Waals surface area contributed by atoms with E-state index in [1.807, 2.05) is 12.1 Å². The molecule has 4 heteroatoms. The molecule has 58 valence electrons. The van der Waals surface area contributed by atoms with Crippen molar-refractivity contribution in [2.75, 3.05) is 10.5 Å². The van der Waals surface area contributed by atoms with E-state index in [4.69, 9.17) is 5.73 Å². The fraction of sp³-hybridized carbons (Fsp3) is 0.143. The highest BCUT2D eigenvalue weighted by molar-refractivity contribution is 7.86. The van der Waals surface area contributed by atoms with E-state index in [-0.39, 0.29) is 0 Å². The van der Waals surface area contributed by atoms with Gasteiger partial charge in [0.2, 0.25) is 0 Å². The molecule has 1 aromatic carbocycles. The van der Waals surface area contributed by atoms with Crippen molar-refractivity contribution in [3.63, 3.8) is 0 Å². The first-order chi connectivity index (χ1) is 5.25. The molecule has 0 aliphatic carbocycles. The van der Waals surface area contributed by atoms with Crippen molar-refractivity contribution in [2.45, 2.75) is 5.75 Å². The molecule has 0 aromatic heterocycles. The quantitative estimate of drug-likeness (QED) is 0.564. The summed E-state index contributed by atoms with van der Waals surface area (Å²) in [5.41, 5.74) is 8.26. The van der Waals surface area contributed by atoms with E-state index < -0.39 is 11.0 Å². The Hall–Kier alpha value is -1.03. The van der Waals surface area contributed by atoms with Gasteiger partial charge in [0, 0.05) is 5.69 Å². The zero-order chi connectivity index (χ0) is 7.84. The van der Waals surface area contributed by atoms with Gasteiger partial charge in [0.25, 0.3) is 0 Å². The first-order valence-corrected chi connectivity index (χ1v) is 4.61. The van der Waals surface area contributed by atoms with Crippen molar-refractivity contribution in [3.8, 4) is 0 Å². The number of nitrogens with two attached hydrogens (primary N) is 1. The van der Waals surface area contributed by atoms with Crippen LogP contribution in [0.1, 0.15) is 5.56 Å². The molecular formula is C7H8N2OS. The van der Waals surface area contributed by atoms with E-state index in [1.165, 1.54) is 0 Å². The summed E-state index contributed by atoms with van der Waals surface area (Å²) in [6.45, 7) is 0. The second-order valence-electron chi connectivity index (χ2n) is 2.51. The lowest BCUT2D eigenvalue weighted by Crippen LogP contribution is -1.94. The van der Waals surface area contributed by atoms with Crippen LogP contribution in [0.4, 0.5) is 11.4 Å². The van der Waals surface area contributed by atoms with Crippen molar-refractivity contribution in [1.82, 2.24) is 0 Å². The molecule has 0 spiro atoms. The van der Waals surface area contributed by atoms with Gasteiger partial charge < -0.3 is 10.5 Å². The molecule has 1 heterocycles. The van der Waals surface area contributed by atoms with Crippen molar-refractivity contribution >= 4 is 22.4 Å². The normalized spacial score (nSPS) is 20.9. The van der Waals surface area contributed by atoms with Gasteiger partial charge in [-0.2, -0.15) is 0 Å². The van der Waals surface area contributed by atoms with E-state index in [9.17, 15) is 4.21 Å². The maximum Gasteiger partial charge on any atom is 0.121 e. The molecule has 1 aliphatic heterocycles. The molecule has 0 amide bonds. The third-order valence-corrected chi connectivity index (χ3v) is 2.66. The Labute approximate surface area is 67.2 Å². The molecule has 3 nitrogen and oxygen atoms in total. The van der Waals surface area contributed by atoms with E-state index >= 15 is 0 Å². The SMILES string of the molecule is Nc1ccc2c(c1)CS(=O)N2. The monoisotopic (exact) mass is 168 g/mol. The molecular weight excluding hydrogens is 160 g/mol. The largest absolute Gasteiger partial charge is 0.399 e. The van der Waals surface area contributed by atoms with Crippen LogP contribution in [0, 0.1) is 0 Å². The van der Waals surface area contributed by atoms with Crippen molar-refractivity contribution in [1.29, 1.82) is 0 Å². The third-order valence-electron chi connectivity index (χ3n) is 1.64. The molecule has 0 bridgehead atoms. The minimum Gasteiger partial charge on any atom is -0.399 e. The minimum atomic E-state index is -0.933. The molecule has 1 atom stereocenters. The first kappa shape index (κ1) is 6.67. The lowest BCUT2D eigenvalue weighted by Gasteiger charge is -1.97. The second kappa shape index (κ2) is 2.23. The average molecular weight is 168 g/mol. The zero-order valence-electron chi connectivity index (χ0n) is 5.83. The zero-order valence-corrected chi connectivity index (χ0v) is 6.65. The molecule has 1 aliphatic rings. The van der Waals surface area contributed by atoms with Gasteiger partial charge in [-0.15, -0.1) is 0 Å². The number of rotatable bonds is 0. The van der Waals surface area contributed by atoms with Gasteiger partial charge in [-0.25, -0.2) is 4.21 Å². The predicted octanol–water partition coefficient (Wildman–Crippen LogP) is 0.858. The van der Waals surface area contributed by atoms with Gasteiger partial charge in [-0.1, -0.05) is 0 Å². The van der Waals surface area contributed by atoms with E-state index in [0.29, 0.717) is 5.75 Å². The summed E-state index contributed by atoms with van der Waals surface area (Å²) in [6.07, 6.45) is 0. The summed E-state index contributed by atoms with van der Waals surface area (Å²) in [5, 5.41) is 0. The minimum absolute atomic E-state index is 0.570. The van der Waals surface area contributed by atoms with E-state index in [0.717, 1.165) is 16.9 Å². The Balaban J connectivity index is 2.51. The highest BCUT2D eigenvalue weighted by Crippen LogP contribution is 2.26. The van der Waals surface area contributed by atoms with Crippen LogP contribution in [0.15, 0.2) is 18.2 Å². The number of anilines is 2.